The van der Waals surface area contributed by atoms with Gasteiger partial charge in [-0.15, -0.1) is 0 Å². The first-order chi connectivity index (χ1) is 9.49. The van der Waals surface area contributed by atoms with E-state index in [9.17, 15) is 9.59 Å². The summed E-state index contributed by atoms with van der Waals surface area (Å²) in [5, 5.41) is 12.1. The van der Waals surface area contributed by atoms with E-state index in [0.29, 0.717) is 6.42 Å². The van der Waals surface area contributed by atoms with Gasteiger partial charge in [0.1, 0.15) is 6.04 Å². The third kappa shape index (κ3) is 2.97. The molecule has 1 aromatic heterocycles. The fourth-order valence-corrected chi connectivity index (χ4v) is 2.01. The maximum absolute atomic E-state index is 11.8. The Morgan fingerprint density at radius 3 is 2.80 bits per heavy atom. The second-order valence-electron chi connectivity index (χ2n) is 4.74. The highest BCUT2D eigenvalue weighted by molar-refractivity contribution is 5.88. The lowest BCUT2D eigenvalue weighted by Crippen LogP contribution is -2.47. The van der Waals surface area contributed by atoms with Crippen LogP contribution in [0.1, 0.15) is 12.5 Å². The molecule has 2 rings (SSSR count). The summed E-state index contributed by atoms with van der Waals surface area (Å²) in [6, 6.07) is 6.00. The van der Waals surface area contributed by atoms with Crippen molar-refractivity contribution in [3.05, 3.63) is 36.0 Å². The first kappa shape index (κ1) is 14.1. The van der Waals surface area contributed by atoms with Gasteiger partial charge in [-0.1, -0.05) is 18.2 Å². The predicted molar refractivity (Wildman–Crippen MR) is 75.2 cm³/mol. The molecular formula is C14H17N3O3. The standard InChI is InChI=1S/C14H17N3O3/c1-8(14(19)20)17-13(18)11(15)6-9-7-16-12-5-3-2-4-10(9)12/h2-5,7-8,11,16H,6,15H2,1H3,(H,17,18)(H,19,20)/t8-,11+/m1/s1. The molecule has 20 heavy (non-hydrogen) atoms. The molecule has 0 saturated heterocycles. The zero-order valence-electron chi connectivity index (χ0n) is 11.1. The number of nitrogens with two attached hydrogens (primary N) is 1. The number of aromatic amines is 1. The molecule has 0 aliphatic heterocycles. The number of aliphatic carboxylic acids is 1. The quantitative estimate of drug-likeness (QED) is 0.641. The van der Waals surface area contributed by atoms with Gasteiger partial charge < -0.3 is 21.1 Å². The SMILES string of the molecule is C[C@@H](NC(=O)[C@@H](N)Cc1c[nH]c2ccccc12)C(=O)O. The Bertz CT molecular complexity index is 635. The first-order valence-corrected chi connectivity index (χ1v) is 6.33. The molecule has 6 heteroatoms. The molecule has 0 unspecified atom stereocenters. The lowest BCUT2D eigenvalue weighted by molar-refractivity contribution is -0.141. The smallest absolute Gasteiger partial charge is 0.325 e. The highest BCUT2D eigenvalue weighted by Gasteiger charge is 2.20. The summed E-state index contributed by atoms with van der Waals surface area (Å²) in [6.45, 7) is 1.40. The number of carboxylic acids is 1. The number of para-hydroxylation sites is 1. The van der Waals surface area contributed by atoms with E-state index in [1.807, 2.05) is 30.5 Å². The number of H-pyrrole nitrogens is 1. The third-order valence-corrected chi connectivity index (χ3v) is 3.18. The lowest BCUT2D eigenvalue weighted by atomic mass is 10.0. The van der Waals surface area contributed by atoms with E-state index in [1.54, 1.807) is 0 Å². The van der Waals surface area contributed by atoms with Gasteiger partial charge in [0.05, 0.1) is 6.04 Å². The molecule has 0 saturated carbocycles. The number of carbonyl (C=O) groups is 2. The van der Waals surface area contributed by atoms with Crippen LogP contribution in [-0.4, -0.2) is 34.1 Å². The normalized spacial score (nSPS) is 13.9. The zero-order valence-corrected chi connectivity index (χ0v) is 11.1. The topological polar surface area (TPSA) is 108 Å². The third-order valence-electron chi connectivity index (χ3n) is 3.18. The van der Waals surface area contributed by atoms with Crippen molar-refractivity contribution in [1.82, 2.24) is 10.3 Å². The fraction of sp³-hybridized carbons (Fsp3) is 0.286. The minimum atomic E-state index is -1.09. The Kier molecular flexibility index (Phi) is 4.05. The van der Waals surface area contributed by atoms with Crippen LogP contribution in [0.3, 0.4) is 0 Å². The molecular weight excluding hydrogens is 258 g/mol. The largest absolute Gasteiger partial charge is 0.480 e. The van der Waals surface area contributed by atoms with Gasteiger partial charge in [-0.25, -0.2) is 0 Å². The van der Waals surface area contributed by atoms with Crippen LogP contribution in [-0.2, 0) is 16.0 Å². The van der Waals surface area contributed by atoms with E-state index >= 15 is 0 Å². The van der Waals surface area contributed by atoms with E-state index in [4.69, 9.17) is 10.8 Å². The van der Waals surface area contributed by atoms with E-state index in [0.717, 1.165) is 16.5 Å². The van der Waals surface area contributed by atoms with Crippen LogP contribution >= 0.6 is 0 Å². The van der Waals surface area contributed by atoms with Gasteiger partial charge in [-0.3, -0.25) is 9.59 Å². The number of carbonyl (C=O) groups excluding carboxylic acids is 1. The average molecular weight is 275 g/mol. The van der Waals surface area contributed by atoms with Crippen LogP contribution in [0.15, 0.2) is 30.5 Å². The van der Waals surface area contributed by atoms with Crippen molar-refractivity contribution < 1.29 is 14.7 Å². The molecule has 2 atom stereocenters. The zero-order chi connectivity index (χ0) is 14.7. The molecule has 0 aliphatic carbocycles. The maximum Gasteiger partial charge on any atom is 0.325 e. The lowest BCUT2D eigenvalue weighted by Gasteiger charge is -2.14. The fourth-order valence-electron chi connectivity index (χ4n) is 2.01. The van der Waals surface area contributed by atoms with Crippen LogP contribution in [0.4, 0.5) is 0 Å². The molecule has 0 radical (unpaired) electrons. The van der Waals surface area contributed by atoms with Crippen LogP contribution < -0.4 is 11.1 Å². The number of amides is 1. The molecule has 0 fully saturated rings. The molecule has 106 valence electrons. The summed E-state index contributed by atoms with van der Waals surface area (Å²) in [5.41, 5.74) is 7.75. The van der Waals surface area contributed by atoms with Crippen LogP contribution in [0.25, 0.3) is 10.9 Å². The summed E-state index contributed by atoms with van der Waals surface area (Å²) in [7, 11) is 0. The van der Waals surface area contributed by atoms with Gasteiger partial charge in [0.15, 0.2) is 0 Å². The summed E-state index contributed by atoms with van der Waals surface area (Å²) in [4.78, 5) is 25.6. The first-order valence-electron chi connectivity index (χ1n) is 6.33. The summed E-state index contributed by atoms with van der Waals surface area (Å²) in [5.74, 6) is -1.55. The highest BCUT2D eigenvalue weighted by atomic mass is 16.4. The summed E-state index contributed by atoms with van der Waals surface area (Å²) < 4.78 is 0. The monoisotopic (exact) mass is 275 g/mol. The second-order valence-corrected chi connectivity index (χ2v) is 4.74. The summed E-state index contributed by atoms with van der Waals surface area (Å²) >= 11 is 0. The van der Waals surface area contributed by atoms with Crippen LogP contribution in [0, 0.1) is 0 Å². The van der Waals surface area contributed by atoms with E-state index in [2.05, 4.69) is 10.3 Å². The minimum absolute atomic E-state index is 0.349. The van der Waals surface area contributed by atoms with Crippen molar-refractivity contribution >= 4 is 22.8 Å². The van der Waals surface area contributed by atoms with Gasteiger partial charge in [-0.2, -0.15) is 0 Å². The minimum Gasteiger partial charge on any atom is -0.480 e. The number of fused-ring (bicyclic) bond motifs is 1. The molecule has 6 nitrogen and oxygen atoms in total. The van der Waals surface area contributed by atoms with Crippen LogP contribution in [0.5, 0.6) is 0 Å². The molecule has 1 amide bonds. The molecule has 2 aromatic rings. The Labute approximate surface area is 116 Å². The number of rotatable bonds is 5. The molecule has 1 aromatic carbocycles. The molecule has 1 heterocycles. The Balaban J connectivity index is 2.06. The van der Waals surface area contributed by atoms with Crippen molar-refractivity contribution in [3.8, 4) is 0 Å². The van der Waals surface area contributed by atoms with E-state index < -0.39 is 24.0 Å². The van der Waals surface area contributed by atoms with Gasteiger partial charge in [-0.05, 0) is 25.0 Å². The van der Waals surface area contributed by atoms with Crippen molar-refractivity contribution in [2.75, 3.05) is 0 Å². The Morgan fingerprint density at radius 2 is 2.10 bits per heavy atom. The molecule has 0 spiro atoms. The number of carboxylic acid groups (broad SMARTS) is 1. The number of nitrogens with one attached hydrogen (secondary N) is 2. The van der Waals surface area contributed by atoms with E-state index in [1.165, 1.54) is 6.92 Å². The molecule has 0 aliphatic rings. The van der Waals surface area contributed by atoms with Crippen molar-refractivity contribution in [2.24, 2.45) is 5.73 Å². The van der Waals surface area contributed by atoms with Crippen molar-refractivity contribution in [2.45, 2.75) is 25.4 Å². The predicted octanol–water partition coefficient (Wildman–Crippen LogP) is 0.627. The van der Waals surface area contributed by atoms with Crippen molar-refractivity contribution in [3.63, 3.8) is 0 Å². The maximum atomic E-state index is 11.8. The second kappa shape index (κ2) is 5.75. The average Bonchev–Trinajstić information content (AvgIpc) is 2.82. The summed E-state index contributed by atoms with van der Waals surface area (Å²) in [6.07, 6.45) is 2.17. The number of hydrogen-bond acceptors (Lipinski definition) is 3. The van der Waals surface area contributed by atoms with Gasteiger partial charge in [0, 0.05) is 17.1 Å². The number of benzene rings is 1. The molecule has 5 N–H and O–H groups in total. The number of aromatic nitrogens is 1. The van der Waals surface area contributed by atoms with Gasteiger partial charge in [0.25, 0.3) is 0 Å². The van der Waals surface area contributed by atoms with Gasteiger partial charge in [0.2, 0.25) is 5.91 Å². The molecule has 0 bridgehead atoms. The van der Waals surface area contributed by atoms with Crippen LogP contribution in [0.2, 0.25) is 0 Å². The Hall–Kier alpha value is -2.34. The van der Waals surface area contributed by atoms with E-state index in [-0.39, 0.29) is 0 Å². The highest BCUT2D eigenvalue weighted by Crippen LogP contribution is 2.18. The Morgan fingerprint density at radius 1 is 1.40 bits per heavy atom. The number of hydrogen-bond donors (Lipinski definition) is 4. The van der Waals surface area contributed by atoms with Gasteiger partial charge >= 0.3 is 5.97 Å². The van der Waals surface area contributed by atoms with Crippen molar-refractivity contribution in [1.29, 1.82) is 0 Å².